The van der Waals surface area contributed by atoms with Crippen LogP contribution >= 0.6 is 23.2 Å². The maximum absolute atomic E-state index is 14.1. The first-order chi connectivity index (χ1) is 68.4. The highest BCUT2D eigenvalue weighted by molar-refractivity contribution is 6.32. The molecule has 0 saturated heterocycles. The monoisotopic (exact) mass is 2090 g/mol. The molecule has 0 atom stereocenters. The van der Waals surface area contributed by atoms with Crippen molar-refractivity contribution >= 4 is 23.2 Å². The summed E-state index contributed by atoms with van der Waals surface area (Å²) in [6.45, 7) is 28.8. The van der Waals surface area contributed by atoms with Gasteiger partial charge in [0.25, 0.3) is 0 Å². The molecule has 0 unspecified atom stereocenters. The van der Waals surface area contributed by atoms with Crippen LogP contribution in [0.1, 0.15) is 331 Å². The first-order valence-corrected chi connectivity index (χ1v) is 54.3. The Morgan fingerprint density at radius 1 is 0.243 bits per heavy atom. The number of benzene rings is 7. The highest BCUT2D eigenvalue weighted by Crippen LogP contribution is 2.48. The lowest BCUT2D eigenvalue weighted by Crippen LogP contribution is -2.37. The number of allylic oxidation sites excluding steroid dienone is 1. The van der Waals surface area contributed by atoms with Gasteiger partial charge in [0, 0.05) is 12.8 Å². The molecule has 0 bridgehead atoms. The predicted molar refractivity (Wildman–Crippen MR) is 563 cm³/mol. The highest BCUT2D eigenvalue weighted by atomic mass is 35.5. The van der Waals surface area contributed by atoms with Crippen molar-refractivity contribution in [2.45, 2.75) is 340 Å². The lowest BCUT2D eigenvalue weighted by Gasteiger charge is -2.37. The molecule has 25 heteroatoms. The van der Waals surface area contributed by atoms with Gasteiger partial charge < -0.3 is 33.2 Å². The third kappa shape index (κ3) is 35.8. The van der Waals surface area contributed by atoms with Gasteiger partial charge in [0.1, 0.15) is 23.2 Å². The summed E-state index contributed by atoms with van der Waals surface area (Å²) in [6.07, 6.45) is 37.3. The van der Waals surface area contributed by atoms with Crippen molar-refractivity contribution < 1.29 is 116 Å². The van der Waals surface area contributed by atoms with Crippen LogP contribution in [0.15, 0.2) is 97.1 Å². The lowest BCUT2D eigenvalue weighted by atomic mass is 9.69. The standard InChI is InChI=1S/2C21H30F2O.C17H22F2O.2C15H18ClF3O.2C15H20F2O.9H2/c2*1-14-3-8-17(9-4-14)18-10-6-16(7-11-18)13-24-19-12-5-15(2)20(22)21(19)23;1-12-5-8-14(9-6-12)4-3-11-20-15-10-7-13(2)16(18)17(15)19;1-9-3-6-11(7-4-9)15(18,19)20-12-8-5-10(2)14(17)13(12)16;1-9-3-6-11(7-4-9)15(18,19)20-12-8-5-10(2)13(16)14(12)17;2*1-10-3-6-12(7-4-10)9-18-13-8-5-11(2)14(16)15(13)17;;;;;;;;;/h2*5,12,14,16-18H,3-4,6-11,13H2,1-2H3;3-4,7,10,12,14H,5-6,8-9,11H2,1-2H3;2*5,8-9,11H,3-4,6-7H2,1-2H3;2*5,8,10,12H,3-4,6-7,9H2,1-2H3;9*1H/b;;4-3+;;;;;;;;;;;;;. The molecule has 820 valence electrons. The summed E-state index contributed by atoms with van der Waals surface area (Å²) >= 11 is 11.4. The Hall–Kier alpha value is -7.66. The molecule has 7 aromatic carbocycles. The molecule has 16 rings (SSSR count). The van der Waals surface area contributed by atoms with Crippen LogP contribution in [0.5, 0.6) is 40.2 Å². The molecule has 7 nitrogen and oxygen atoms in total. The van der Waals surface area contributed by atoms with Crippen LogP contribution in [0, 0.1) is 225 Å². The molecule has 0 aromatic heterocycles. The number of ether oxygens (including phenoxy) is 7. The average molecular weight is 2090 g/mol. The number of rotatable bonds is 24. The van der Waals surface area contributed by atoms with E-state index in [1.165, 1.54) is 191 Å². The summed E-state index contributed by atoms with van der Waals surface area (Å²) in [7, 11) is 0. The molecular weight excluding hydrogens is 1920 g/mol. The van der Waals surface area contributed by atoms with Gasteiger partial charge in [0.05, 0.1) is 43.3 Å². The van der Waals surface area contributed by atoms with E-state index in [4.69, 9.17) is 51.6 Å². The summed E-state index contributed by atoms with van der Waals surface area (Å²) in [5.74, 6) is -0.964. The minimum Gasteiger partial charge on any atom is -0.490 e. The zero-order valence-corrected chi connectivity index (χ0v) is 88.8. The Balaban J connectivity index is 0.000000886. The van der Waals surface area contributed by atoms with E-state index in [2.05, 4.69) is 59.3 Å². The Bertz CT molecular complexity index is 4880. The molecular formula is C119H176Cl2F16O7. The smallest absolute Gasteiger partial charge is 0.400 e. The second-order valence-corrected chi connectivity index (χ2v) is 44.9. The molecule has 0 N–H and O–H groups in total. The lowest BCUT2D eigenvalue weighted by molar-refractivity contribution is -0.224. The number of alkyl halides is 4. The maximum Gasteiger partial charge on any atom is 0.400 e. The molecule has 0 radical (unpaired) electrons. The van der Waals surface area contributed by atoms with Crippen LogP contribution < -0.4 is 33.2 Å². The zero-order valence-electron chi connectivity index (χ0n) is 87.3. The summed E-state index contributed by atoms with van der Waals surface area (Å²) < 4.78 is 256. The van der Waals surface area contributed by atoms with E-state index < -0.39 is 99.6 Å². The van der Waals surface area contributed by atoms with Crippen LogP contribution in [0.3, 0.4) is 0 Å². The van der Waals surface area contributed by atoms with Crippen molar-refractivity contribution in [3.63, 3.8) is 0 Å². The molecule has 0 amide bonds. The number of aryl methyl sites for hydroxylation is 7. The van der Waals surface area contributed by atoms with Crippen molar-refractivity contribution in [3.8, 4) is 40.2 Å². The van der Waals surface area contributed by atoms with Crippen molar-refractivity contribution in [1.82, 2.24) is 0 Å². The molecule has 0 spiro atoms. The van der Waals surface area contributed by atoms with E-state index in [9.17, 15) is 70.2 Å². The van der Waals surface area contributed by atoms with Gasteiger partial charge in [-0.1, -0.05) is 216 Å². The van der Waals surface area contributed by atoms with Crippen molar-refractivity contribution in [1.29, 1.82) is 0 Å². The molecule has 9 aliphatic carbocycles. The van der Waals surface area contributed by atoms with E-state index in [1.807, 2.05) is 6.08 Å². The van der Waals surface area contributed by atoms with Crippen molar-refractivity contribution in [2.75, 3.05) is 33.0 Å². The molecule has 0 aliphatic heterocycles. The fourth-order valence-corrected chi connectivity index (χ4v) is 22.0. The average Bonchev–Trinajstić information content (AvgIpc) is 0.782. The summed E-state index contributed by atoms with van der Waals surface area (Å²) in [6, 6.07) is 20.7. The van der Waals surface area contributed by atoms with Crippen LogP contribution in [0.25, 0.3) is 0 Å². The Labute approximate surface area is 871 Å². The normalized spacial score (nSPS) is 26.1. The summed E-state index contributed by atoms with van der Waals surface area (Å²) in [4.78, 5) is 0. The second-order valence-electron chi connectivity index (χ2n) is 44.2. The molecule has 9 saturated carbocycles. The minimum atomic E-state index is -3.36. The van der Waals surface area contributed by atoms with Gasteiger partial charge in [-0.2, -0.15) is 39.5 Å². The fourth-order valence-electron chi connectivity index (χ4n) is 21.6. The summed E-state index contributed by atoms with van der Waals surface area (Å²) in [5, 5.41) is -0.551. The first kappa shape index (κ1) is 118. The van der Waals surface area contributed by atoms with Crippen LogP contribution in [0.4, 0.5) is 70.2 Å². The van der Waals surface area contributed by atoms with E-state index in [0.29, 0.717) is 132 Å². The topological polar surface area (TPSA) is 64.6 Å². The van der Waals surface area contributed by atoms with Crippen LogP contribution in [-0.4, -0.2) is 45.3 Å². The number of hydrogen-bond acceptors (Lipinski definition) is 7. The van der Waals surface area contributed by atoms with Crippen molar-refractivity contribution in [2.24, 2.45) is 107 Å². The quantitative estimate of drug-likeness (QED) is 0.0441. The van der Waals surface area contributed by atoms with Gasteiger partial charge in [-0.15, -0.1) is 0 Å². The maximum atomic E-state index is 14.1. The Morgan fingerprint density at radius 2 is 0.458 bits per heavy atom. The summed E-state index contributed by atoms with van der Waals surface area (Å²) in [5.41, 5.74) is 2.35. The van der Waals surface area contributed by atoms with Gasteiger partial charge in [-0.05, 0) is 366 Å². The third-order valence-electron chi connectivity index (χ3n) is 32.4. The Morgan fingerprint density at radius 3 is 0.750 bits per heavy atom. The molecule has 144 heavy (non-hydrogen) atoms. The van der Waals surface area contributed by atoms with Gasteiger partial charge in [0.15, 0.2) is 69.4 Å². The third-order valence-corrected chi connectivity index (χ3v) is 33.2. The zero-order chi connectivity index (χ0) is 105. The predicted octanol–water partition coefficient (Wildman–Crippen LogP) is 39.9. The van der Waals surface area contributed by atoms with E-state index in [1.54, 1.807) is 71.0 Å². The van der Waals surface area contributed by atoms with Gasteiger partial charge >= 0.3 is 12.2 Å². The van der Waals surface area contributed by atoms with Crippen molar-refractivity contribution in [3.05, 3.63) is 216 Å². The van der Waals surface area contributed by atoms with E-state index >= 15 is 0 Å². The van der Waals surface area contributed by atoms with Crippen LogP contribution in [0.2, 0.25) is 10.0 Å². The number of hydrogen-bond donors (Lipinski definition) is 0. The molecule has 9 aliphatic rings. The molecule has 0 heterocycles. The highest BCUT2D eigenvalue weighted by Gasteiger charge is 2.46. The molecule has 7 aromatic rings. The Kier molecular flexibility index (Phi) is 47.1. The fraction of sp³-hybridized carbons (Fsp3) is 0.630. The van der Waals surface area contributed by atoms with Crippen LogP contribution in [-0.2, 0) is 0 Å². The van der Waals surface area contributed by atoms with Gasteiger partial charge in [-0.25, -0.2) is 30.7 Å². The van der Waals surface area contributed by atoms with E-state index in [0.717, 1.165) is 130 Å². The number of halogens is 18. The van der Waals surface area contributed by atoms with E-state index in [-0.39, 0.29) is 64.0 Å². The molecule has 9 fully saturated rings. The first-order valence-electron chi connectivity index (χ1n) is 53.5. The minimum absolute atomic E-state index is 0. The van der Waals surface area contributed by atoms with Gasteiger partial charge in [0.2, 0.25) is 29.1 Å². The second kappa shape index (κ2) is 57.4. The SMILES string of the molecule is Cc1ccc(OC(F)(F)C2CCC(C)CC2)c(Cl)c1F.Cc1ccc(OC(F)(F)C2CCC(C)CC2)c(F)c1Cl.Cc1ccc(OC/C=C/C2CCC(C)CC2)c(F)c1F.Cc1ccc(OCC2CCC(C)CC2)c(F)c1F.Cc1ccc(OCC2CCC(C)CC2)c(F)c1F.Cc1ccc(OCC2CCC(C3CCC(C)CC3)CC2)c(F)c1F.Cc1ccc(OCC2CCC(C3CCC(C)CC3)CC2)c(F)c1F.[HH].[HH].[HH].[HH].[HH].[HH].[HH].[HH].[HH]. The largest absolute Gasteiger partial charge is 0.490 e. The van der Waals surface area contributed by atoms with Gasteiger partial charge in [-0.3, -0.25) is 0 Å².